The molecule has 0 aliphatic carbocycles. The molecule has 5 nitrogen and oxygen atoms in total. The highest BCUT2D eigenvalue weighted by Gasteiger charge is 2.19. The number of rotatable bonds is 4. The van der Waals surface area contributed by atoms with Crippen LogP contribution < -0.4 is 9.47 Å². The van der Waals surface area contributed by atoms with Crippen LogP contribution in [-0.2, 0) is 7.05 Å². The Hall–Kier alpha value is -2.53. The Labute approximate surface area is 128 Å². The number of methoxy groups -OCH3 is 2. The summed E-state index contributed by atoms with van der Waals surface area (Å²) in [4.78, 5) is 4.53. The van der Waals surface area contributed by atoms with Gasteiger partial charge in [-0.25, -0.2) is 4.98 Å². The second kappa shape index (κ2) is 5.69. The van der Waals surface area contributed by atoms with Crippen molar-refractivity contribution >= 4 is 11.0 Å². The van der Waals surface area contributed by atoms with E-state index in [1.165, 1.54) is 0 Å². The van der Waals surface area contributed by atoms with E-state index in [9.17, 15) is 5.11 Å². The largest absolute Gasteiger partial charge is 0.493 e. The molecule has 1 heterocycles. The molecule has 3 rings (SSSR count). The Bertz CT molecular complexity index is 811. The van der Waals surface area contributed by atoms with Crippen LogP contribution in [0.15, 0.2) is 42.5 Å². The van der Waals surface area contributed by atoms with Gasteiger partial charge in [0.15, 0.2) is 11.5 Å². The molecule has 0 amide bonds. The third-order valence-corrected chi connectivity index (χ3v) is 3.79. The van der Waals surface area contributed by atoms with Crippen LogP contribution in [0.5, 0.6) is 11.5 Å². The standard InChI is InChI=1S/C17H18N2O3/c1-19-13-7-5-4-6-12(13)18-17(19)16(20)11-8-9-14(21-2)15(10-11)22-3/h4-10,16,20H,1-3H3/t16-/m0/s1. The van der Waals surface area contributed by atoms with Gasteiger partial charge < -0.3 is 19.1 Å². The number of fused-ring (bicyclic) bond motifs is 1. The molecule has 0 aliphatic heterocycles. The molecule has 1 aromatic heterocycles. The topological polar surface area (TPSA) is 56.5 Å². The number of aryl methyl sites for hydroxylation is 1. The molecule has 3 aromatic rings. The van der Waals surface area contributed by atoms with Gasteiger partial charge in [-0.15, -0.1) is 0 Å². The molecule has 5 heteroatoms. The minimum Gasteiger partial charge on any atom is -0.493 e. The molecule has 0 spiro atoms. The van der Waals surface area contributed by atoms with Gasteiger partial charge in [-0.05, 0) is 29.8 Å². The van der Waals surface area contributed by atoms with Crippen molar-refractivity contribution in [2.24, 2.45) is 7.05 Å². The van der Waals surface area contributed by atoms with Crippen LogP contribution >= 0.6 is 0 Å². The van der Waals surface area contributed by atoms with Gasteiger partial charge in [-0.1, -0.05) is 18.2 Å². The number of para-hydroxylation sites is 2. The van der Waals surface area contributed by atoms with Crippen molar-refractivity contribution in [3.05, 3.63) is 53.9 Å². The van der Waals surface area contributed by atoms with Gasteiger partial charge in [0.1, 0.15) is 11.9 Å². The Morgan fingerprint density at radius 3 is 2.45 bits per heavy atom. The quantitative estimate of drug-likeness (QED) is 0.804. The van der Waals surface area contributed by atoms with Crippen molar-refractivity contribution in [1.29, 1.82) is 0 Å². The second-order valence-electron chi connectivity index (χ2n) is 5.03. The van der Waals surface area contributed by atoms with Crippen molar-refractivity contribution in [3.8, 4) is 11.5 Å². The molecule has 0 unspecified atom stereocenters. The van der Waals surface area contributed by atoms with Crippen molar-refractivity contribution < 1.29 is 14.6 Å². The van der Waals surface area contributed by atoms with Crippen LogP contribution in [0.4, 0.5) is 0 Å². The van der Waals surface area contributed by atoms with Gasteiger partial charge in [0.25, 0.3) is 0 Å². The van der Waals surface area contributed by atoms with Gasteiger partial charge in [-0.2, -0.15) is 0 Å². The molecule has 1 atom stereocenters. The summed E-state index contributed by atoms with van der Waals surface area (Å²) in [6.07, 6.45) is -0.836. The SMILES string of the molecule is COc1ccc([C@H](O)c2nc3ccccc3n2C)cc1OC. The zero-order valence-corrected chi connectivity index (χ0v) is 12.8. The predicted molar refractivity (Wildman–Crippen MR) is 84.3 cm³/mol. The first kappa shape index (κ1) is 14.4. The van der Waals surface area contributed by atoms with Crippen molar-refractivity contribution in [2.45, 2.75) is 6.10 Å². The average Bonchev–Trinajstić information content (AvgIpc) is 2.91. The minimum atomic E-state index is -0.836. The Balaban J connectivity index is 2.05. The number of nitrogens with zero attached hydrogens (tertiary/aromatic N) is 2. The van der Waals surface area contributed by atoms with E-state index in [1.807, 2.05) is 41.9 Å². The van der Waals surface area contributed by atoms with Crippen molar-refractivity contribution in [1.82, 2.24) is 9.55 Å². The average molecular weight is 298 g/mol. The van der Waals surface area contributed by atoms with E-state index in [0.717, 1.165) is 11.0 Å². The van der Waals surface area contributed by atoms with E-state index >= 15 is 0 Å². The summed E-state index contributed by atoms with van der Waals surface area (Å²) in [5.74, 6) is 1.80. The van der Waals surface area contributed by atoms with E-state index < -0.39 is 6.10 Å². The molecular formula is C17H18N2O3. The summed E-state index contributed by atoms with van der Waals surface area (Å²) in [7, 11) is 5.05. The highest BCUT2D eigenvalue weighted by atomic mass is 16.5. The zero-order chi connectivity index (χ0) is 15.7. The van der Waals surface area contributed by atoms with E-state index in [4.69, 9.17) is 9.47 Å². The summed E-state index contributed by atoms with van der Waals surface area (Å²) in [6, 6.07) is 13.2. The van der Waals surface area contributed by atoms with Crippen LogP contribution in [0.2, 0.25) is 0 Å². The van der Waals surface area contributed by atoms with Crippen LogP contribution in [0.3, 0.4) is 0 Å². The van der Waals surface area contributed by atoms with Gasteiger partial charge in [0.2, 0.25) is 0 Å². The minimum absolute atomic E-state index is 0.581. The lowest BCUT2D eigenvalue weighted by atomic mass is 10.1. The van der Waals surface area contributed by atoms with E-state index in [2.05, 4.69) is 4.98 Å². The molecule has 0 saturated heterocycles. The number of benzene rings is 2. The first-order valence-corrected chi connectivity index (χ1v) is 6.97. The third kappa shape index (κ3) is 2.29. The molecule has 22 heavy (non-hydrogen) atoms. The summed E-state index contributed by atoms with van der Waals surface area (Å²) in [5.41, 5.74) is 2.55. The molecule has 0 saturated carbocycles. The van der Waals surface area contributed by atoms with Crippen molar-refractivity contribution in [3.63, 3.8) is 0 Å². The maximum absolute atomic E-state index is 10.7. The number of aliphatic hydroxyl groups is 1. The highest BCUT2D eigenvalue weighted by molar-refractivity contribution is 5.76. The molecule has 0 bridgehead atoms. The molecule has 2 aromatic carbocycles. The summed E-state index contributed by atoms with van der Waals surface area (Å²) in [6.45, 7) is 0. The maximum atomic E-state index is 10.7. The number of hydrogen-bond donors (Lipinski definition) is 1. The Kier molecular flexibility index (Phi) is 3.73. The number of hydrogen-bond acceptors (Lipinski definition) is 4. The molecule has 1 N–H and O–H groups in total. The molecule has 0 aliphatic rings. The Morgan fingerprint density at radius 2 is 1.77 bits per heavy atom. The number of imidazole rings is 1. The van der Waals surface area contributed by atoms with Gasteiger partial charge in [0.05, 0.1) is 25.3 Å². The molecule has 114 valence electrons. The second-order valence-corrected chi connectivity index (χ2v) is 5.03. The fourth-order valence-corrected chi connectivity index (χ4v) is 2.58. The van der Waals surface area contributed by atoms with Gasteiger partial charge in [-0.3, -0.25) is 0 Å². The predicted octanol–water partition coefficient (Wildman–Crippen LogP) is 2.67. The summed E-state index contributed by atoms with van der Waals surface area (Å²) >= 11 is 0. The lowest BCUT2D eigenvalue weighted by molar-refractivity contribution is 0.206. The van der Waals surface area contributed by atoms with E-state index in [0.29, 0.717) is 22.9 Å². The monoisotopic (exact) mass is 298 g/mol. The van der Waals surface area contributed by atoms with Gasteiger partial charge in [0, 0.05) is 7.05 Å². The normalized spacial score (nSPS) is 12.4. The zero-order valence-electron chi connectivity index (χ0n) is 12.8. The van der Waals surface area contributed by atoms with Gasteiger partial charge >= 0.3 is 0 Å². The lowest BCUT2D eigenvalue weighted by Gasteiger charge is -2.14. The first-order chi connectivity index (χ1) is 10.7. The fourth-order valence-electron chi connectivity index (χ4n) is 2.58. The molecule has 0 fully saturated rings. The van der Waals surface area contributed by atoms with E-state index in [-0.39, 0.29) is 0 Å². The third-order valence-electron chi connectivity index (χ3n) is 3.79. The van der Waals surface area contributed by atoms with Crippen LogP contribution in [0.1, 0.15) is 17.5 Å². The first-order valence-electron chi connectivity index (χ1n) is 6.97. The van der Waals surface area contributed by atoms with Crippen LogP contribution in [0.25, 0.3) is 11.0 Å². The molecular weight excluding hydrogens is 280 g/mol. The fraction of sp³-hybridized carbons (Fsp3) is 0.235. The maximum Gasteiger partial charge on any atom is 0.161 e. The summed E-state index contributed by atoms with van der Waals surface area (Å²) in [5, 5.41) is 10.7. The number of aromatic nitrogens is 2. The highest BCUT2D eigenvalue weighted by Crippen LogP contribution is 2.32. The molecule has 0 radical (unpaired) electrons. The van der Waals surface area contributed by atoms with Crippen LogP contribution in [-0.4, -0.2) is 28.9 Å². The number of ether oxygens (including phenoxy) is 2. The summed E-state index contributed by atoms with van der Waals surface area (Å²) < 4.78 is 12.4. The van der Waals surface area contributed by atoms with Crippen LogP contribution in [0, 0.1) is 0 Å². The smallest absolute Gasteiger partial charge is 0.161 e. The Morgan fingerprint density at radius 1 is 1.05 bits per heavy atom. The number of aliphatic hydroxyl groups excluding tert-OH is 1. The lowest BCUT2D eigenvalue weighted by Crippen LogP contribution is -2.07. The van der Waals surface area contributed by atoms with Crippen molar-refractivity contribution in [2.75, 3.05) is 14.2 Å². The van der Waals surface area contributed by atoms with E-state index in [1.54, 1.807) is 26.4 Å².